The Morgan fingerprint density at radius 1 is 0.919 bits per heavy atom. The molecule has 0 radical (unpaired) electrons. The Morgan fingerprint density at radius 2 is 1.57 bits per heavy atom. The van der Waals surface area contributed by atoms with E-state index in [0.29, 0.717) is 29.6 Å². The summed E-state index contributed by atoms with van der Waals surface area (Å²) >= 11 is 0. The summed E-state index contributed by atoms with van der Waals surface area (Å²) in [5.74, 6) is 1.90. The van der Waals surface area contributed by atoms with Gasteiger partial charge in [-0.15, -0.1) is 0 Å². The van der Waals surface area contributed by atoms with Crippen molar-refractivity contribution in [1.82, 2.24) is 0 Å². The summed E-state index contributed by atoms with van der Waals surface area (Å²) in [7, 11) is -4.08. The maximum Gasteiger partial charge on any atom is 0.326 e. The molecule has 4 rings (SSSR count). The Morgan fingerprint density at radius 3 is 2.19 bits per heavy atom. The van der Waals surface area contributed by atoms with Crippen LogP contribution in [0.5, 0.6) is 0 Å². The molecule has 6 nitrogen and oxygen atoms in total. The highest BCUT2D eigenvalue weighted by molar-refractivity contribution is 7.51. The van der Waals surface area contributed by atoms with E-state index >= 15 is 0 Å². The van der Waals surface area contributed by atoms with E-state index in [9.17, 15) is 29.7 Å². The van der Waals surface area contributed by atoms with Crippen molar-refractivity contribution in [3.05, 3.63) is 0 Å². The molecule has 0 aliphatic heterocycles. The Kier molecular flexibility index (Phi) is 7.98. The van der Waals surface area contributed by atoms with Gasteiger partial charge in [0.2, 0.25) is 0 Å². The second-order valence-electron chi connectivity index (χ2n) is 16.0. The monoisotopic (exact) mass is 542 g/mol. The van der Waals surface area contributed by atoms with Crippen LogP contribution in [0.3, 0.4) is 0 Å². The van der Waals surface area contributed by atoms with E-state index < -0.39 is 19.1 Å². The molecule has 0 aromatic heterocycles. The molecule has 0 saturated heterocycles. The van der Waals surface area contributed by atoms with E-state index in [2.05, 4.69) is 34.6 Å². The van der Waals surface area contributed by atoms with Crippen LogP contribution in [0.25, 0.3) is 0 Å². The molecule has 0 spiro atoms. The highest BCUT2D eigenvalue weighted by Gasteiger charge is 2.65. The number of hydrogen-bond acceptors (Lipinski definition) is 4. The van der Waals surface area contributed by atoms with Crippen molar-refractivity contribution >= 4 is 7.60 Å². The van der Waals surface area contributed by atoms with Gasteiger partial charge >= 0.3 is 7.60 Å². The third-order valence-electron chi connectivity index (χ3n) is 12.0. The second kappa shape index (κ2) is 9.84. The highest BCUT2D eigenvalue weighted by Crippen LogP contribution is 2.68. The summed E-state index contributed by atoms with van der Waals surface area (Å²) in [5, 5.41) is 33.7. The van der Waals surface area contributed by atoms with Gasteiger partial charge in [0.15, 0.2) is 0 Å². The van der Waals surface area contributed by atoms with E-state index in [1.165, 1.54) is 0 Å². The molecule has 0 bridgehead atoms. The van der Waals surface area contributed by atoms with Crippen LogP contribution < -0.4 is 0 Å². The Labute approximate surface area is 225 Å². The summed E-state index contributed by atoms with van der Waals surface area (Å²) in [4.78, 5) is 19.1. The zero-order valence-corrected chi connectivity index (χ0v) is 25.3. The lowest BCUT2D eigenvalue weighted by molar-refractivity contribution is -0.207. The van der Waals surface area contributed by atoms with Gasteiger partial charge in [-0.2, -0.15) is 0 Å². The molecular weight excluding hydrogens is 487 g/mol. The average Bonchev–Trinajstić information content (AvgIpc) is 3.05. The molecule has 0 amide bonds. The van der Waals surface area contributed by atoms with Crippen LogP contribution in [0.15, 0.2) is 0 Å². The van der Waals surface area contributed by atoms with Crippen LogP contribution in [0.1, 0.15) is 106 Å². The van der Waals surface area contributed by atoms with Gasteiger partial charge in [0.05, 0.1) is 24.5 Å². The fourth-order valence-electron chi connectivity index (χ4n) is 11.1. The lowest BCUT2D eigenvalue weighted by Gasteiger charge is -2.63. The largest absolute Gasteiger partial charge is 0.393 e. The topological polar surface area (TPSA) is 118 Å². The van der Waals surface area contributed by atoms with Crippen molar-refractivity contribution in [2.24, 2.45) is 57.2 Å². The number of fused-ring (bicyclic) bond motifs is 5. The molecule has 5 N–H and O–H groups in total. The van der Waals surface area contributed by atoms with Crippen LogP contribution in [-0.4, -0.2) is 49.6 Å². The summed E-state index contributed by atoms with van der Waals surface area (Å²) in [6.45, 7) is 15.3. The molecule has 0 heterocycles. The summed E-state index contributed by atoms with van der Waals surface area (Å²) in [6, 6.07) is 0. The summed E-state index contributed by atoms with van der Waals surface area (Å²) in [5.41, 5.74) is -0.672. The van der Waals surface area contributed by atoms with Gasteiger partial charge in [-0.25, -0.2) is 0 Å². The highest BCUT2D eigenvalue weighted by atomic mass is 31.2. The van der Waals surface area contributed by atoms with Crippen LogP contribution in [0.4, 0.5) is 0 Å². The third-order valence-corrected chi connectivity index (χ3v) is 13.3. The van der Waals surface area contributed by atoms with Crippen molar-refractivity contribution in [2.75, 3.05) is 6.16 Å². The molecule has 7 heteroatoms. The quantitative estimate of drug-likeness (QED) is 0.268. The lowest BCUT2D eigenvalue weighted by Crippen LogP contribution is -2.62. The predicted octanol–water partition coefficient (Wildman–Crippen LogP) is 5.59. The zero-order chi connectivity index (χ0) is 27.8. The molecule has 4 saturated carbocycles. The lowest BCUT2D eigenvalue weighted by atomic mass is 9.43. The van der Waals surface area contributed by atoms with E-state index in [0.717, 1.165) is 57.8 Å². The molecule has 4 aliphatic carbocycles. The van der Waals surface area contributed by atoms with Crippen LogP contribution in [0.2, 0.25) is 0 Å². The molecule has 4 aliphatic rings. The summed E-state index contributed by atoms with van der Waals surface area (Å²) in [6.07, 6.45) is 6.82. The molecule has 11 atom stereocenters. The van der Waals surface area contributed by atoms with Crippen molar-refractivity contribution < 1.29 is 29.7 Å². The Balaban J connectivity index is 1.52. The van der Waals surface area contributed by atoms with Crippen LogP contribution >= 0.6 is 7.60 Å². The molecular formula is C30H55O6P. The second-order valence-corrected chi connectivity index (χ2v) is 17.7. The first-order valence-electron chi connectivity index (χ1n) is 14.9. The van der Waals surface area contributed by atoms with E-state index in [-0.39, 0.29) is 40.5 Å². The maximum atomic E-state index is 11.8. The van der Waals surface area contributed by atoms with E-state index in [4.69, 9.17) is 0 Å². The summed E-state index contributed by atoms with van der Waals surface area (Å²) < 4.78 is 11.7. The zero-order valence-electron chi connectivity index (χ0n) is 24.4. The van der Waals surface area contributed by atoms with Crippen molar-refractivity contribution in [2.45, 2.75) is 125 Å². The molecule has 0 unspecified atom stereocenters. The first-order chi connectivity index (χ1) is 16.8. The molecule has 216 valence electrons. The predicted molar refractivity (Wildman–Crippen MR) is 147 cm³/mol. The van der Waals surface area contributed by atoms with Gasteiger partial charge in [0, 0.05) is 0 Å². The fourth-order valence-corrected chi connectivity index (χ4v) is 12.4. The van der Waals surface area contributed by atoms with Gasteiger partial charge in [-0.05, 0) is 115 Å². The third kappa shape index (κ3) is 5.64. The van der Waals surface area contributed by atoms with E-state index in [1.54, 1.807) is 0 Å². The molecule has 37 heavy (non-hydrogen) atoms. The number of hydrogen-bond donors (Lipinski definition) is 5. The maximum absolute atomic E-state index is 11.8. The fraction of sp³-hybridized carbons (Fsp3) is 1.00. The number of aliphatic hydroxyl groups is 3. The number of rotatable bonds is 7. The standard InChI is InChI=1S/C30H55O6P/c1-18(15-27(2,3)16-28(4,5)17-37(34,35)36)21-8-9-22-26-23(14-25(33)30(21,22)7)29(6)11-10-20(31)12-19(29)13-24(26)32/h18-26,31-33H,8-17H2,1-7H3,(H2,34,35,36)/t18-,19+,20-,21-,22+,23+,24-,25+,26+,29+,30-/m1/s1. The van der Waals surface area contributed by atoms with Crippen molar-refractivity contribution in [3.63, 3.8) is 0 Å². The van der Waals surface area contributed by atoms with Crippen LogP contribution in [0, 0.1) is 57.2 Å². The van der Waals surface area contributed by atoms with Crippen molar-refractivity contribution in [3.8, 4) is 0 Å². The average molecular weight is 543 g/mol. The van der Waals surface area contributed by atoms with Gasteiger partial charge in [0.25, 0.3) is 0 Å². The first kappa shape index (κ1) is 30.0. The Hall–Kier alpha value is 0.0300. The van der Waals surface area contributed by atoms with Gasteiger partial charge in [0.1, 0.15) is 0 Å². The van der Waals surface area contributed by atoms with E-state index in [1.807, 2.05) is 13.8 Å². The minimum atomic E-state index is -4.08. The first-order valence-corrected chi connectivity index (χ1v) is 16.7. The normalized spacial score (nSPS) is 45.6. The SMILES string of the molecule is C[C@H](CC(C)(C)CC(C)(C)CP(=O)(O)O)[C@H]1CC[C@H]2[C@@H]3[C@H](O)C[C@@H]4C[C@H](O)CC[C@]4(C)[C@H]3C[C@H](O)[C@]12C. The van der Waals surface area contributed by atoms with Gasteiger partial charge in [-0.1, -0.05) is 48.5 Å². The molecule has 0 aromatic rings. The Bertz CT molecular complexity index is 883. The van der Waals surface area contributed by atoms with Crippen LogP contribution in [-0.2, 0) is 4.57 Å². The number of aliphatic hydroxyl groups excluding tert-OH is 3. The smallest absolute Gasteiger partial charge is 0.326 e. The minimum absolute atomic E-state index is 0.0807. The van der Waals surface area contributed by atoms with Gasteiger partial charge in [-0.3, -0.25) is 4.57 Å². The minimum Gasteiger partial charge on any atom is -0.393 e. The molecule has 0 aromatic carbocycles. The van der Waals surface area contributed by atoms with Crippen molar-refractivity contribution in [1.29, 1.82) is 0 Å². The van der Waals surface area contributed by atoms with Gasteiger partial charge < -0.3 is 25.1 Å². The molecule has 4 fully saturated rings.